The number of rotatable bonds is 3. The molecule has 0 radical (unpaired) electrons. The Morgan fingerprint density at radius 2 is 1.95 bits per heavy atom. The standard InChI is InChI=1S/C15H21FN2O3/c16-15(2-3-15)14(20)18-8-10-6-11(21-12(10)9-18)7-13(19)17-4-1-5-17/h10-12H,1-9H2/t10-,11-,12+/m0/s1. The molecule has 6 heteroatoms. The topological polar surface area (TPSA) is 49.9 Å². The van der Waals surface area contributed by atoms with E-state index < -0.39 is 5.67 Å². The van der Waals surface area contributed by atoms with E-state index in [4.69, 9.17) is 4.74 Å². The molecule has 3 aliphatic heterocycles. The van der Waals surface area contributed by atoms with Gasteiger partial charge in [-0.05, 0) is 25.7 Å². The van der Waals surface area contributed by atoms with Crippen LogP contribution in [0.3, 0.4) is 0 Å². The quantitative estimate of drug-likeness (QED) is 0.771. The molecule has 21 heavy (non-hydrogen) atoms. The lowest BCUT2D eigenvalue weighted by molar-refractivity contribution is -0.140. The largest absolute Gasteiger partial charge is 0.372 e. The number of nitrogens with zero attached hydrogens (tertiary/aromatic N) is 2. The summed E-state index contributed by atoms with van der Waals surface area (Å²) in [6.07, 6.45) is 3.07. The number of likely N-dealkylation sites (tertiary alicyclic amines) is 2. The molecule has 2 amide bonds. The van der Waals surface area contributed by atoms with Crippen LogP contribution in [0.5, 0.6) is 0 Å². The number of alkyl halides is 1. The van der Waals surface area contributed by atoms with E-state index in [1.807, 2.05) is 4.90 Å². The predicted molar refractivity (Wildman–Crippen MR) is 72.2 cm³/mol. The van der Waals surface area contributed by atoms with E-state index in [2.05, 4.69) is 0 Å². The summed E-state index contributed by atoms with van der Waals surface area (Å²) in [5, 5.41) is 0. The van der Waals surface area contributed by atoms with Crippen molar-refractivity contribution in [2.45, 2.75) is 50.0 Å². The van der Waals surface area contributed by atoms with Gasteiger partial charge in [0.25, 0.3) is 5.91 Å². The van der Waals surface area contributed by atoms with Crippen LogP contribution in [-0.4, -0.2) is 65.7 Å². The first-order chi connectivity index (χ1) is 10.0. The first kappa shape index (κ1) is 13.5. The second kappa shape index (κ2) is 4.66. The normalized spacial score (nSPS) is 36.3. The van der Waals surface area contributed by atoms with Gasteiger partial charge in [0.05, 0.1) is 18.6 Å². The minimum Gasteiger partial charge on any atom is -0.372 e. The van der Waals surface area contributed by atoms with Crippen LogP contribution in [0.15, 0.2) is 0 Å². The van der Waals surface area contributed by atoms with Gasteiger partial charge < -0.3 is 14.5 Å². The van der Waals surface area contributed by atoms with Gasteiger partial charge in [-0.2, -0.15) is 0 Å². The summed E-state index contributed by atoms with van der Waals surface area (Å²) in [5.74, 6) is 0.0963. The lowest BCUT2D eigenvalue weighted by atomic mass is 10.0. The average Bonchev–Trinajstić information content (AvgIpc) is 2.83. The Morgan fingerprint density at radius 3 is 2.52 bits per heavy atom. The molecule has 0 aromatic carbocycles. The molecule has 5 nitrogen and oxygen atoms in total. The molecule has 3 saturated heterocycles. The molecule has 0 unspecified atom stereocenters. The third-order valence-corrected chi connectivity index (χ3v) is 5.28. The zero-order chi connectivity index (χ0) is 14.6. The van der Waals surface area contributed by atoms with Crippen LogP contribution in [0.1, 0.15) is 32.1 Å². The molecule has 116 valence electrons. The highest BCUT2D eigenvalue weighted by Gasteiger charge is 2.55. The maximum atomic E-state index is 13.8. The van der Waals surface area contributed by atoms with Crippen LogP contribution in [0.2, 0.25) is 0 Å². The fourth-order valence-electron chi connectivity index (χ4n) is 3.66. The van der Waals surface area contributed by atoms with Gasteiger partial charge in [0.1, 0.15) is 0 Å². The van der Waals surface area contributed by atoms with E-state index in [9.17, 15) is 14.0 Å². The monoisotopic (exact) mass is 296 g/mol. The lowest BCUT2D eigenvalue weighted by Crippen LogP contribution is -2.43. The summed E-state index contributed by atoms with van der Waals surface area (Å²) >= 11 is 0. The zero-order valence-corrected chi connectivity index (χ0v) is 12.1. The van der Waals surface area contributed by atoms with Gasteiger partial charge in [0, 0.05) is 32.1 Å². The second-order valence-electron chi connectivity index (χ2n) is 6.91. The number of fused-ring (bicyclic) bond motifs is 1. The van der Waals surface area contributed by atoms with E-state index >= 15 is 0 Å². The number of hydrogen-bond donors (Lipinski definition) is 0. The van der Waals surface area contributed by atoms with Gasteiger partial charge in [-0.15, -0.1) is 0 Å². The van der Waals surface area contributed by atoms with Crippen molar-refractivity contribution in [2.75, 3.05) is 26.2 Å². The average molecular weight is 296 g/mol. The Balaban J connectivity index is 1.29. The number of amides is 2. The molecular formula is C15H21FN2O3. The minimum atomic E-state index is -1.58. The highest BCUT2D eigenvalue weighted by molar-refractivity contribution is 5.88. The highest BCUT2D eigenvalue weighted by Crippen LogP contribution is 2.43. The van der Waals surface area contributed by atoms with Crippen LogP contribution >= 0.6 is 0 Å². The second-order valence-corrected chi connectivity index (χ2v) is 6.91. The number of ether oxygens (including phenoxy) is 1. The van der Waals surface area contributed by atoms with Crippen molar-refractivity contribution in [3.8, 4) is 0 Å². The molecule has 0 N–H and O–H groups in total. The molecule has 0 bridgehead atoms. The number of halogens is 1. The molecule has 0 aromatic heterocycles. The summed E-state index contributed by atoms with van der Waals surface area (Å²) in [5.41, 5.74) is -1.58. The van der Waals surface area contributed by atoms with Gasteiger partial charge in [-0.25, -0.2) is 4.39 Å². The van der Waals surface area contributed by atoms with Crippen LogP contribution in [-0.2, 0) is 14.3 Å². The smallest absolute Gasteiger partial charge is 0.260 e. The van der Waals surface area contributed by atoms with E-state index in [0.29, 0.717) is 32.4 Å². The molecule has 3 heterocycles. The highest BCUT2D eigenvalue weighted by atomic mass is 19.1. The maximum absolute atomic E-state index is 13.8. The van der Waals surface area contributed by atoms with Gasteiger partial charge in [-0.1, -0.05) is 0 Å². The van der Waals surface area contributed by atoms with Crippen molar-refractivity contribution in [1.29, 1.82) is 0 Å². The van der Waals surface area contributed by atoms with Crippen molar-refractivity contribution in [3.05, 3.63) is 0 Å². The fraction of sp³-hybridized carbons (Fsp3) is 0.867. The summed E-state index contributed by atoms with van der Waals surface area (Å²) < 4.78 is 19.7. The molecule has 3 atom stereocenters. The molecule has 1 aliphatic carbocycles. The van der Waals surface area contributed by atoms with Crippen molar-refractivity contribution in [3.63, 3.8) is 0 Å². The van der Waals surface area contributed by atoms with Crippen molar-refractivity contribution < 1.29 is 18.7 Å². The predicted octanol–water partition coefficient (Wildman–Crippen LogP) is 0.727. The molecule has 0 spiro atoms. The zero-order valence-electron chi connectivity index (χ0n) is 12.1. The third kappa shape index (κ3) is 2.33. The van der Waals surface area contributed by atoms with Gasteiger partial charge in [0.15, 0.2) is 5.67 Å². The maximum Gasteiger partial charge on any atom is 0.260 e. The fourth-order valence-corrected chi connectivity index (χ4v) is 3.66. The van der Waals surface area contributed by atoms with Gasteiger partial charge in [-0.3, -0.25) is 9.59 Å². The SMILES string of the molecule is O=C(C[C@@H]1C[C@H]2CN(C(=O)C3(F)CC3)C[C@H]2O1)N1CCC1. The van der Waals surface area contributed by atoms with Gasteiger partial charge in [0.2, 0.25) is 5.91 Å². The number of carbonyl (C=O) groups is 2. The summed E-state index contributed by atoms with van der Waals surface area (Å²) in [4.78, 5) is 27.4. The van der Waals surface area contributed by atoms with Crippen LogP contribution in [0.4, 0.5) is 4.39 Å². The molecule has 4 fully saturated rings. The van der Waals surface area contributed by atoms with Gasteiger partial charge >= 0.3 is 0 Å². The van der Waals surface area contributed by atoms with E-state index in [-0.39, 0.29) is 29.9 Å². The van der Waals surface area contributed by atoms with E-state index in [1.165, 1.54) is 0 Å². The Labute approximate surface area is 123 Å². The van der Waals surface area contributed by atoms with Crippen LogP contribution < -0.4 is 0 Å². The molecule has 4 aliphatic rings. The first-order valence-corrected chi connectivity index (χ1v) is 7.97. The van der Waals surface area contributed by atoms with Crippen LogP contribution in [0.25, 0.3) is 0 Å². The summed E-state index contributed by atoms with van der Waals surface area (Å²) in [7, 11) is 0. The Morgan fingerprint density at radius 1 is 1.19 bits per heavy atom. The molecule has 4 rings (SSSR count). The molecule has 0 aromatic rings. The number of carbonyl (C=O) groups excluding carboxylic acids is 2. The first-order valence-electron chi connectivity index (χ1n) is 7.97. The van der Waals surface area contributed by atoms with Crippen LogP contribution in [0, 0.1) is 5.92 Å². The molecular weight excluding hydrogens is 275 g/mol. The van der Waals surface area contributed by atoms with E-state index in [0.717, 1.165) is 25.9 Å². The van der Waals surface area contributed by atoms with Crippen molar-refractivity contribution in [1.82, 2.24) is 9.80 Å². The van der Waals surface area contributed by atoms with E-state index in [1.54, 1.807) is 4.90 Å². The minimum absolute atomic E-state index is 0.00881. The number of hydrogen-bond acceptors (Lipinski definition) is 3. The lowest BCUT2D eigenvalue weighted by Gasteiger charge is -2.31. The third-order valence-electron chi connectivity index (χ3n) is 5.28. The molecule has 1 saturated carbocycles. The Kier molecular flexibility index (Phi) is 3.00. The van der Waals surface area contributed by atoms with Crippen molar-refractivity contribution >= 4 is 11.8 Å². The van der Waals surface area contributed by atoms with Crippen molar-refractivity contribution in [2.24, 2.45) is 5.92 Å². The summed E-state index contributed by atoms with van der Waals surface area (Å²) in [6, 6.07) is 0. The Bertz CT molecular complexity index is 462. The summed E-state index contributed by atoms with van der Waals surface area (Å²) in [6.45, 7) is 2.83. The Hall–Kier alpha value is -1.17.